The van der Waals surface area contributed by atoms with Gasteiger partial charge in [-0.1, -0.05) is 0 Å². The highest BCUT2D eigenvalue weighted by Crippen LogP contribution is 2.25. The van der Waals surface area contributed by atoms with Crippen LogP contribution in [0.1, 0.15) is 10.4 Å². The molecule has 1 amide bonds. The third-order valence-electron chi connectivity index (χ3n) is 1.91. The number of hydrogen-bond acceptors (Lipinski definition) is 5. The zero-order chi connectivity index (χ0) is 12.3. The minimum absolute atomic E-state index is 0.191. The zero-order valence-corrected chi connectivity index (χ0v) is 8.28. The number of carbonyl (C=O) groups is 1. The van der Waals surface area contributed by atoms with Gasteiger partial charge in [0.05, 0.1) is 16.7 Å². The van der Waals surface area contributed by atoms with Crippen molar-refractivity contribution in [2.75, 3.05) is 12.5 Å². The van der Waals surface area contributed by atoms with E-state index < -0.39 is 22.3 Å². The molecule has 0 unspecified atom stereocenters. The number of nitrogens with two attached hydrogens (primary N) is 1. The molecular weight excluding hydrogens is 219 g/mol. The van der Waals surface area contributed by atoms with Crippen molar-refractivity contribution in [3.05, 3.63) is 33.6 Å². The Morgan fingerprint density at radius 3 is 2.62 bits per heavy atom. The summed E-state index contributed by atoms with van der Waals surface area (Å²) < 4.78 is 13.2. The van der Waals surface area contributed by atoms with Crippen molar-refractivity contribution in [2.24, 2.45) is 5.84 Å². The quantitative estimate of drug-likeness (QED) is 0.393. The fourth-order valence-electron chi connectivity index (χ4n) is 1.14. The predicted octanol–water partition coefficient (Wildman–Crippen LogP) is 0.379. The first-order valence-electron chi connectivity index (χ1n) is 4.18. The summed E-state index contributed by atoms with van der Waals surface area (Å²) in [7, 11) is 1.31. The van der Waals surface area contributed by atoms with E-state index in [1.165, 1.54) is 7.05 Å². The number of rotatable bonds is 3. The van der Waals surface area contributed by atoms with Gasteiger partial charge in [0.2, 0.25) is 0 Å². The van der Waals surface area contributed by atoms with Gasteiger partial charge in [0, 0.05) is 7.05 Å². The molecular formula is C8H9FN4O3. The van der Waals surface area contributed by atoms with Crippen LogP contribution in [0.25, 0.3) is 0 Å². The molecule has 4 N–H and O–H groups in total. The molecule has 0 heterocycles. The third-order valence-corrected chi connectivity index (χ3v) is 1.91. The smallest absolute Gasteiger partial charge is 0.285 e. The van der Waals surface area contributed by atoms with Crippen LogP contribution in [0.15, 0.2) is 12.1 Å². The summed E-state index contributed by atoms with van der Waals surface area (Å²) in [6.45, 7) is 0. The van der Waals surface area contributed by atoms with Crippen molar-refractivity contribution >= 4 is 17.3 Å². The number of nitrogen functional groups attached to an aromatic ring is 1. The number of benzene rings is 1. The van der Waals surface area contributed by atoms with Gasteiger partial charge in [0.25, 0.3) is 11.6 Å². The maximum Gasteiger partial charge on any atom is 0.285 e. The lowest BCUT2D eigenvalue weighted by Crippen LogP contribution is -2.20. The minimum atomic E-state index is -0.901. The van der Waals surface area contributed by atoms with Crippen LogP contribution in [-0.2, 0) is 0 Å². The topological polar surface area (TPSA) is 110 Å². The van der Waals surface area contributed by atoms with Crippen LogP contribution in [0.4, 0.5) is 15.8 Å². The van der Waals surface area contributed by atoms with E-state index in [0.717, 1.165) is 6.07 Å². The van der Waals surface area contributed by atoms with Crippen LogP contribution in [-0.4, -0.2) is 17.9 Å². The Bertz CT molecular complexity index is 449. The average Bonchev–Trinajstić information content (AvgIpc) is 2.27. The summed E-state index contributed by atoms with van der Waals surface area (Å²) in [5.41, 5.74) is 0.935. The summed E-state index contributed by atoms with van der Waals surface area (Å²) in [5.74, 6) is 3.40. The number of halogens is 1. The SMILES string of the molecule is CNC(=O)c1cc(NN)c(F)cc1[N+](=O)[O-]. The van der Waals surface area contributed by atoms with Crippen molar-refractivity contribution in [1.29, 1.82) is 0 Å². The fraction of sp³-hybridized carbons (Fsp3) is 0.125. The molecule has 1 aromatic rings. The molecule has 0 radical (unpaired) electrons. The zero-order valence-electron chi connectivity index (χ0n) is 8.28. The number of nitro benzene ring substituents is 1. The van der Waals surface area contributed by atoms with E-state index in [0.29, 0.717) is 6.07 Å². The van der Waals surface area contributed by atoms with Crippen LogP contribution in [0.3, 0.4) is 0 Å². The normalized spacial score (nSPS) is 9.69. The third kappa shape index (κ3) is 2.06. The standard InChI is InChI=1S/C8H9FN4O3/c1-11-8(14)4-2-6(12-10)5(9)3-7(4)13(15)16/h2-3,12H,10H2,1H3,(H,11,14). The first kappa shape index (κ1) is 11.9. The summed E-state index contributed by atoms with van der Waals surface area (Å²) in [6.07, 6.45) is 0. The van der Waals surface area contributed by atoms with Gasteiger partial charge < -0.3 is 10.7 Å². The van der Waals surface area contributed by atoms with E-state index in [1.54, 1.807) is 0 Å². The fourth-order valence-corrected chi connectivity index (χ4v) is 1.14. The molecule has 0 bridgehead atoms. The summed E-state index contributed by atoms with van der Waals surface area (Å²) in [4.78, 5) is 21.1. The van der Waals surface area contributed by atoms with Gasteiger partial charge in [0.15, 0.2) is 5.82 Å². The van der Waals surface area contributed by atoms with E-state index in [-0.39, 0.29) is 11.3 Å². The second-order valence-corrected chi connectivity index (χ2v) is 2.83. The highest BCUT2D eigenvalue weighted by Gasteiger charge is 2.22. The number of hydrazine groups is 1. The maximum absolute atomic E-state index is 13.2. The second-order valence-electron chi connectivity index (χ2n) is 2.83. The molecule has 0 aliphatic heterocycles. The van der Waals surface area contributed by atoms with Crippen LogP contribution >= 0.6 is 0 Å². The second kappa shape index (κ2) is 4.53. The first-order chi connectivity index (χ1) is 7.51. The van der Waals surface area contributed by atoms with Crippen molar-refractivity contribution < 1.29 is 14.1 Å². The van der Waals surface area contributed by atoms with E-state index in [2.05, 4.69) is 5.32 Å². The van der Waals surface area contributed by atoms with Gasteiger partial charge in [-0.2, -0.15) is 0 Å². The van der Waals surface area contributed by atoms with Gasteiger partial charge >= 0.3 is 0 Å². The van der Waals surface area contributed by atoms with Crippen LogP contribution < -0.4 is 16.6 Å². The Labute approximate surface area is 89.6 Å². The average molecular weight is 228 g/mol. The van der Waals surface area contributed by atoms with Crippen molar-refractivity contribution in [2.45, 2.75) is 0 Å². The van der Waals surface area contributed by atoms with Crippen LogP contribution in [0.2, 0.25) is 0 Å². The molecule has 86 valence electrons. The summed E-state index contributed by atoms with van der Waals surface area (Å²) in [6, 6.07) is 1.62. The molecule has 7 nitrogen and oxygen atoms in total. The van der Waals surface area contributed by atoms with Crippen molar-refractivity contribution in [1.82, 2.24) is 5.32 Å². The maximum atomic E-state index is 13.2. The van der Waals surface area contributed by atoms with Gasteiger partial charge in [-0.25, -0.2) is 4.39 Å². The number of carbonyl (C=O) groups excluding carboxylic acids is 1. The highest BCUT2D eigenvalue weighted by molar-refractivity contribution is 5.99. The number of anilines is 1. The largest absolute Gasteiger partial charge is 0.355 e. The molecule has 0 atom stereocenters. The number of amides is 1. The molecule has 0 spiro atoms. The van der Waals surface area contributed by atoms with Gasteiger partial charge in [-0.05, 0) is 6.07 Å². The molecule has 0 saturated heterocycles. The number of nitrogens with zero attached hydrogens (tertiary/aromatic N) is 1. The molecule has 0 fully saturated rings. The number of nitro groups is 1. The Balaban J connectivity index is 3.42. The molecule has 0 aliphatic carbocycles. The van der Waals surface area contributed by atoms with E-state index in [9.17, 15) is 19.3 Å². The lowest BCUT2D eigenvalue weighted by Gasteiger charge is -2.06. The highest BCUT2D eigenvalue weighted by atomic mass is 19.1. The molecule has 0 aliphatic rings. The predicted molar refractivity (Wildman–Crippen MR) is 54.3 cm³/mol. The molecule has 1 rings (SSSR count). The molecule has 8 heteroatoms. The molecule has 1 aromatic carbocycles. The van der Waals surface area contributed by atoms with Gasteiger partial charge in [0.1, 0.15) is 5.56 Å². The lowest BCUT2D eigenvalue weighted by molar-refractivity contribution is -0.385. The summed E-state index contributed by atoms with van der Waals surface area (Å²) in [5, 5.41) is 12.8. The molecule has 0 aromatic heterocycles. The van der Waals surface area contributed by atoms with E-state index in [4.69, 9.17) is 5.84 Å². The number of hydrogen-bond donors (Lipinski definition) is 3. The van der Waals surface area contributed by atoms with Crippen molar-refractivity contribution in [3.8, 4) is 0 Å². The van der Waals surface area contributed by atoms with Crippen LogP contribution in [0, 0.1) is 15.9 Å². The van der Waals surface area contributed by atoms with Crippen LogP contribution in [0.5, 0.6) is 0 Å². The minimum Gasteiger partial charge on any atom is -0.355 e. The monoisotopic (exact) mass is 228 g/mol. The van der Waals surface area contributed by atoms with Crippen molar-refractivity contribution in [3.63, 3.8) is 0 Å². The first-order valence-corrected chi connectivity index (χ1v) is 4.18. The molecule has 0 saturated carbocycles. The summed E-state index contributed by atoms with van der Waals surface area (Å²) >= 11 is 0. The van der Waals surface area contributed by atoms with E-state index in [1.807, 2.05) is 5.43 Å². The van der Waals surface area contributed by atoms with Gasteiger partial charge in [-0.15, -0.1) is 0 Å². The Morgan fingerprint density at radius 2 is 2.19 bits per heavy atom. The molecule has 16 heavy (non-hydrogen) atoms. The number of nitrogens with one attached hydrogen (secondary N) is 2. The van der Waals surface area contributed by atoms with Gasteiger partial charge in [-0.3, -0.25) is 20.8 Å². The van der Waals surface area contributed by atoms with E-state index >= 15 is 0 Å². The Morgan fingerprint density at radius 1 is 1.56 bits per heavy atom. The lowest BCUT2D eigenvalue weighted by atomic mass is 10.1. The Kier molecular flexibility index (Phi) is 3.36. The Hall–Kier alpha value is -2.22.